The molecule has 0 aliphatic rings. The van der Waals surface area contributed by atoms with Crippen molar-refractivity contribution in [3.63, 3.8) is 0 Å². The molecule has 2 aromatic rings. The topological polar surface area (TPSA) is 64.1 Å². The number of aromatic nitrogens is 2. The third kappa shape index (κ3) is 5.73. The summed E-state index contributed by atoms with van der Waals surface area (Å²) in [5.74, 6) is 4.02. The highest BCUT2D eigenvalue weighted by Crippen LogP contribution is 2.23. The normalized spacial score (nSPS) is 10.5. The van der Waals surface area contributed by atoms with Crippen molar-refractivity contribution in [2.75, 3.05) is 19.4 Å². The monoisotopic (exact) mass is 383 g/mol. The highest BCUT2D eigenvalue weighted by atomic mass is 32.2. The zero-order chi connectivity index (χ0) is 19.8. The first-order valence-electron chi connectivity index (χ1n) is 8.82. The minimum atomic E-state index is -0.138. The molecule has 6 heteroatoms. The molecule has 1 amide bonds. The van der Waals surface area contributed by atoms with E-state index >= 15 is 0 Å². The fourth-order valence-corrected chi connectivity index (χ4v) is 3.15. The van der Waals surface area contributed by atoms with Crippen LogP contribution in [-0.2, 0) is 6.42 Å². The van der Waals surface area contributed by atoms with Crippen LogP contribution in [0, 0.1) is 19.3 Å². The second kappa shape index (κ2) is 9.98. The highest BCUT2D eigenvalue weighted by Gasteiger charge is 2.19. The molecule has 27 heavy (non-hydrogen) atoms. The summed E-state index contributed by atoms with van der Waals surface area (Å²) in [5, 5.41) is 3.69. The molecular weight excluding hydrogens is 358 g/mol. The van der Waals surface area contributed by atoms with Crippen LogP contribution in [0.15, 0.2) is 29.3 Å². The summed E-state index contributed by atoms with van der Waals surface area (Å²) in [4.78, 5) is 21.7. The van der Waals surface area contributed by atoms with Gasteiger partial charge in [-0.05, 0) is 37.3 Å². The number of hydrogen-bond acceptors (Lipinski definition) is 5. The van der Waals surface area contributed by atoms with Crippen molar-refractivity contribution in [2.24, 2.45) is 0 Å². The lowest BCUT2D eigenvalue weighted by Crippen LogP contribution is -2.28. The van der Waals surface area contributed by atoms with Gasteiger partial charge in [-0.25, -0.2) is 9.97 Å². The second-order valence-corrected chi connectivity index (χ2v) is 7.14. The molecule has 0 aliphatic heterocycles. The van der Waals surface area contributed by atoms with E-state index in [1.54, 1.807) is 0 Å². The van der Waals surface area contributed by atoms with Gasteiger partial charge >= 0.3 is 0 Å². The smallest absolute Gasteiger partial charge is 0.255 e. The molecule has 0 radical (unpaired) electrons. The Hall–Kier alpha value is -2.52. The molecule has 0 saturated carbocycles. The maximum atomic E-state index is 12.6. The van der Waals surface area contributed by atoms with E-state index < -0.39 is 0 Å². The molecule has 1 aromatic heterocycles. The molecular formula is C21H25N3O2S. The van der Waals surface area contributed by atoms with Gasteiger partial charge in [0.15, 0.2) is 0 Å². The Balaban J connectivity index is 1.99. The lowest BCUT2D eigenvalue weighted by molar-refractivity contribution is 0.0949. The van der Waals surface area contributed by atoms with E-state index in [4.69, 9.17) is 11.2 Å². The lowest BCUT2D eigenvalue weighted by Gasteiger charge is -2.13. The van der Waals surface area contributed by atoms with Crippen molar-refractivity contribution in [1.82, 2.24) is 15.3 Å². The van der Waals surface area contributed by atoms with E-state index in [1.807, 2.05) is 51.3 Å². The van der Waals surface area contributed by atoms with E-state index in [9.17, 15) is 4.79 Å². The molecule has 0 atom stereocenters. The van der Waals surface area contributed by atoms with Gasteiger partial charge in [0.1, 0.15) is 23.2 Å². The predicted molar refractivity (Wildman–Crippen MR) is 109 cm³/mol. The lowest BCUT2D eigenvalue weighted by atomic mass is 10.1. The second-order valence-electron chi connectivity index (χ2n) is 6.35. The Kier molecular flexibility index (Phi) is 7.68. The van der Waals surface area contributed by atoms with Gasteiger partial charge in [-0.2, -0.15) is 0 Å². The molecule has 0 unspecified atom stereocenters. The molecule has 2 rings (SSSR count). The number of carbonyl (C=O) groups is 1. The quantitative estimate of drug-likeness (QED) is 0.429. The number of ether oxygens (including phenoxy) is 1. The van der Waals surface area contributed by atoms with E-state index in [0.717, 1.165) is 28.6 Å². The van der Waals surface area contributed by atoms with Gasteiger partial charge in [0.05, 0.1) is 11.3 Å². The third-order valence-electron chi connectivity index (χ3n) is 3.96. The zero-order valence-corrected chi connectivity index (χ0v) is 17.0. The fraction of sp³-hybridized carbons (Fsp3) is 0.381. The largest absolute Gasteiger partial charge is 0.481 e. The van der Waals surface area contributed by atoms with Gasteiger partial charge in [-0.1, -0.05) is 31.9 Å². The van der Waals surface area contributed by atoms with Crippen LogP contribution in [-0.4, -0.2) is 35.3 Å². The molecule has 0 aliphatic carbocycles. The van der Waals surface area contributed by atoms with Crippen LogP contribution in [0.4, 0.5) is 0 Å². The molecule has 0 spiro atoms. The summed E-state index contributed by atoms with van der Waals surface area (Å²) in [6.45, 7) is 6.73. The van der Waals surface area contributed by atoms with Crippen LogP contribution in [0.3, 0.4) is 0 Å². The van der Waals surface area contributed by atoms with Crippen LogP contribution in [0.5, 0.6) is 5.75 Å². The van der Waals surface area contributed by atoms with E-state index in [-0.39, 0.29) is 18.4 Å². The number of thioether (sulfide) groups is 1. The van der Waals surface area contributed by atoms with Crippen LogP contribution in [0.1, 0.15) is 47.2 Å². The highest BCUT2D eigenvalue weighted by molar-refractivity contribution is 7.98. The number of aryl methyl sites for hydroxylation is 1. The first-order chi connectivity index (χ1) is 13.0. The van der Waals surface area contributed by atoms with Crippen molar-refractivity contribution in [1.29, 1.82) is 0 Å². The van der Waals surface area contributed by atoms with Crippen molar-refractivity contribution in [3.05, 3.63) is 46.9 Å². The molecule has 1 N–H and O–H groups in total. The van der Waals surface area contributed by atoms with Crippen molar-refractivity contribution in [3.8, 4) is 18.1 Å². The number of carbonyl (C=O) groups excluding carboxylic acids is 1. The van der Waals surface area contributed by atoms with Gasteiger partial charge in [0.2, 0.25) is 0 Å². The Morgan fingerprint density at radius 3 is 2.59 bits per heavy atom. The molecule has 1 heterocycles. The maximum Gasteiger partial charge on any atom is 0.255 e. The van der Waals surface area contributed by atoms with Gasteiger partial charge < -0.3 is 10.1 Å². The van der Waals surface area contributed by atoms with Crippen molar-refractivity contribution >= 4 is 17.7 Å². The number of nitrogens with one attached hydrogen (secondary N) is 1. The summed E-state index contributed by atoms with van der Waals surface area (Å²) in [6, 6.07) is 7.69. The molecule has 142 valence electrons. The zero-order valence-electron chi connectivity index (χ0n) is 16.2. The minimum Gasteiger partial charge on any atom is -0.481 e. The Morgan fingerprint density at radius 1 is 1.30 bits per heavy atom. The number of benzene rings is 1. The first-order valence-corrected chi connectivity index (χ1v) is 10.0. The van der Waals surface area contributed by atoms with Gasteiger partial charge in [0, 0.05) is 12.5 Å². The van der Waals surface area contributed by atoms with Gasteiger partial charge in [-0.15, -0.1) is 18.2 Å². The van der Waals surface area contributed by atoms with Crippen LogP contribution in [0.2, 0.25) is 0 Å². The average molecular weight is 384 g/mol. The number of hydrogen-bond donors (Lipinski definition) is 1. The van der Waals surface area contributed by atoms with Crippen LogP contribution in [0.25, 0.3) is 0 Å². The SMILES string of the molecule is C#CCOc1ccc(CCNC(=O)c2c(C)nc(C(C)C)nc2SC)cc1. The van der Waals surface area contributed by atoms with E-state index in [1.165, 1.54) is 11.8 Å². The number of amides is 1. The Labute approximate surface area is 165 Å². The summed E-state index contributed by atoms with van der Waals surface area (Å²) in [6.07, 6.45) is 7.82. The van der Waals surface area contributed by atoms with Crippen LogP contribution >= 0.6 is 11.8 Å². The number of terminal acetylenes is 1. The summed E-state index contributed by atoms with van der Waals surface area (Å²) < 4.78 is 5.35. The van der Waals surface area contributed by atoms with Crippen molar-refractivity contribution < 1.29 is 9.53 Å². The third-order valence-corrected chi connectivity index (χ3v) is 4.64. The molecule has 0 saturated heterocycles. The number of nitrogens with zero attached hydrogens (tertiary/aromatic N) is 2. The summed E-state index contributed by atoms with van der Waals surface area (Å²) >= 11 is 1.47. The molecule has 5 nitrogen and oxygen atoms in total. The first kappa shape index (κ1) is 20.8. The molecule has 0 bridgehead atoms. The Morgan fingerprint density at radius 2 is 2.00 bits per heavy atom. The molecule has 1 aromatic carbocycles. The average Bonchev–Trinajstić information content (AvgIpc) is 2.66. The Bertz CT molecular complexity index is 827. The minimum absolute atomic E-state index is 0.138. The van der Waals surface area contributed by atoms with Crippen LogP contribution < -0.4 is 10.1 Å². The van der Waals surface area contributed by atoms with Gasteiger partial charge in [0.25, 0.3) is 5.91 Å². The predicted octanol–water partition coefficient (Wildman–Crippen LogP) is 3.61. The summed E-state index contributed by atoms with van der Waals surface area (Å²) in [7, 11) is 0. The van der Waals surface area contributed by atoms with Gasteiger partial charge in [-0.3, -0.25) is 4.79 Å². The van der Waals surface area contributed by atoms with E-state index in [2.05, 4.69) is 21.2 Å². The number of rotatable bonds is 8. The standard InChI is InChI=1S/C21H25N3O2S/c1-6-13-26-17-9-7-16(8-10-17)11-12-22-20(25)18-15(4)23-19(14(2)3)24-21(18)27-5/h1,7-10,14H,11-13H2,2-5H3,(H,22,25). The fourth-order valence-electron chi connectivity index (χ4n) is 2.52. The summed E-state index contributed by atoms with van der Waals surface area (Å²) in [5.41, 5.74) is 2.38. The maximum absolute atomic E-state index is 12.6. The van der Waals surface area contributed by atoms with Crippen molar-refractivity contribution in [2.45, 2.75) is 38.1 Å². The molecule has 0 fully saturated rings. The van der Waals surface area contributed by atoms with E-state index in [0.29, 0.717) is 17.8 Å².